The normalized spacial score (nSPS) is 16.5. The van der Waals surface area contributed by atoms with Crippen molar-refractivity contribution in [2.24, 2.45) is 5.92 Å². The van der Waals surface area contributed by atoms with Gasteiger partial charge in [0.25, 0.3) is 5.91 Å². The first-order chi connectivity index (χ1) is 12.5. The average molecular weight is 481 g/mol. The molecule has 1 heterocycles. The number of rotatable bonds is 3. The summed E-state index contributed by atoms with van der Waals surface area (Å²) < 4.78 is 1.54. The fourth-order valence-corrected chi connectivity index (χ4v) is 3.42. The number of nitrogens with zero attached hydrogens (tertiary/aromatic N) is 1. The van der Waals surface area contributed by atoms with E-state index in [1.54, 1.807) is 29.2 Å². The van der Waals surface area contributed by atoms with Crippen molar-refractivity contribution < 1.29 is 14.4 Å². The average Bonchev–Trinajstić information content (AvgIpc) is 3.02. The summed E-state index contributed by atoms with van der Waals surface area (Å²) in [5, 5.41) is 0. The lowest BCUT2D eigenvalue weighted by Gasteiger charge is -2.17. The second-order valence-electron chi connectivity index (χ2n) is 5.81. The minimum Gasteiger partial charge on any atom is -0.312 e. The van der Waals surface area contributed by atoms with Crippen LogP contribution in [0.15, 0.2) is 57.5 Å². The summed E-state index contributed by atoms with van der Waals surface area (Å²) in [6, 6.07) is 14.2. The van der Waals surface area contributed by atoms with E-state index in [2.05, 4.69) is 42.7 Å². The van der Waals surface area contributed by atoms with Gasteiger partial charge in [-0.15, -0.1) is 0 Å². The van der Waals surface area contributed by atoms with E-state index in [9.17, 15) is 14.4 Å². The second-order valence-corrected chi connectivity index (χ2v) is 7.58. The summed E-state index contributed by atoms with van der Waals surface area (Å²) >= 11 is 6.64. The van der Waals surface area contributed by atoms with Crippen molar-refractivity contribution in [1.29, 1.82) is 0 Å². The number of hydrazine groups is 1. The topological polar surface area (TPSA) is 78.5 Å². The number of anilines is 1. The zero-order valence-corrected chi connectivity index (χ0v) is 16.7. The predicted molar refractivity (Wildman–Crippen MR) is 104 cm³/mol. The van der Waals surface area contributed by atoms with Gasteiger partial charge >= 0.3 is 0 Å². The van der Waals surface area contributed by atoms with Gasteiger partial charge in [0, 0.05) is 27.6 Å². The molecule has 1 atom stereocenters. The van der Waals surface area contributed by atoms with Crippen LogP contribution in [-0.4, -0.2) is 24.3 Å². The molecule has 0 aliphatic carbocycles. The van der Waals surface area contributed by atoms with Crippen LogP contribution < -0.4 is 15.8 Å². The summed E-state index contributed by atoms with van der Waals surface area (Å²) in [6.45, 7) is 0.275. The van der Waals surface area contributed by atoms with E-state index in [1.807, 2.05) is 24.3 Å². The zero-order chi connectivity index (χ0) is 18.7. The molecule has 1 fully saturated rings. The molecule has 134 valence electrons. The Kier molecular flexibility index (Phi) is 5.73. The number of halogens is 2. The van der Waals surface area contributed by atoms with E-state index in [1.165, 1.54) is 0 Å². The number of carbonyl (C=O) groups excluding carboxylic acids is 3. The van der Waals surface area contributed by atoms with E-state index >= 15 is 0 Å². The highest BCUT2D eigenvalue weighted by Gasteiger charge is 2.35. The van der Waals surface area contributed by atoms with Crippen molar-refractivity contribution in [3.63, 3.8) is 0 Å². The fraction of sp³-hybridized carbons (Fsp3) is 0.167. The largest absolute Gasteiger partial charge is 0.312 e. The van der Waals surface area contributed by atoms with Gasteiger partial charge in [-0.25, -0.2) is 0 Å². The third-order valence-electron chi connectivity index (χ3n) is 4.05. The molecule has 0 spiro atoms. The maximum Gasteiger partial charge on any atom is 0.270 e. The molecular formula is C18H15Br2N3O3. The van der Waals surface area contributed by atoms with Crippen LogP contribution in [-0.2, 0) is 9.59 Å². The number of amides is 3. The van der Waals surface area contributed by atoms with Gasteiger partial charge in [0.2, 0.25) is 11.8 Å². The standard InChI is InChI=1S/C18H15Br2N3O3/c19-12-5-7-13(8-6-12)23-10-11(9-16(23)24)17(25)21-22-18(26)14-3-1-2-4-15(14)20/h1-8,11H,9-10H2,(H,21,25)(H,22,26)/t11-/m1/s1. The van der Waals surface area contributed by atoms with Crippen LogP contribution in [0.1, 0.15) is 16.8 Å². The second kappa shape index (κ2) is 8.01. The Balaban J connectivity index is 1.59. The number of hydrogen-bond acceptors (Lipinski definition) is 3. The SMILES string of the molecule is O=C(NNC(=O)[C@@H]1CC(=O)N(c2ccc(Br)cc2)C1)c1ccccc1Br. The summed E-state index contributed by atoms with van der Waals surface area (Å²) in [5.41, 5.74) is 5.95. The Morgan fingerprint density at radius 2 is 1.69 bits per heavy atom. The lowest BCUT2D eigenvalue weighted by Crippen LogP contribution is -2.45. The van der Waals surface area contributed by atoms with Crippen LogP contribution in [0.3, 0.4) is 0 Å². The number of benzene rings is 2. The summed E-state index contributed by atoms with van der Waals surface area (Å²) in [4.78, 5) is 38.2. The molecule has 1 aliphatic rings. The van der Waals surface area contributed by atoms with Gasteiger partial charge in [-0.3, -0.25) is 25.2 Å². The fourth-order valence-electron chi connectivity index (χ4n) is 2.69. The molecule has 8 heteroatoms. The highest BCUT2D eigenvalue weighted by molar-refractivity contribution is 9.10. The van der Waals surface area contributed by atoms with Gasteiger partial charge in [0.05, 0.1) is 11.5 Å². The Bertz CT molecular complexity index is 855. The number of carbonyl (C=O) groups is 3. The molecule has 0 saturated carbocycles. The maximum atomic E-state index is 12.3. The zero-order valence-electron chi connectivity index (χ0n) is 13.5. The Morgan fingerprint density at radius 1 is 1.00 bits per heavy atom. The number of nitrogens with one attached hydrogen (secondary N) is 2. The van der Waals surface area contributed by atoms with Crippen molar-refractivity contribution in [3.05, 3.63) is 63.0 Å². The molecule has 1 aliphatic heterocycles. The van der Waals surface area contributed by atoms with E-state index in [0.717, 1.165) is 10.2 Å². The van der Waals surface area contributed by atoms with Gasteiger partial charge in [0.1, 0.15) is 0 Å². The minimum atomic E-state index is -0.523. The van der Waals surface area contributed by atoms with Crippen LogP contribution in [0.4, 0.5) is 5.69 Å². The van der Waals surface area contributed by atoms with Crippen LogP contribution >= 0.6 is 31.9 Å². The van der Waals surface area contributed by atoms with Gasteiger partial charge in [-0.2, -0.15) is 0 Å². The molecule has 0 aromatic heterocycles. The van der Waals surface area contributed by atoms with Crippen molar-refractivity contribution in [1.82, 2.24) is 10.9 Å². The smallest absolute Gasteiger partial charge is 0.270 e. The monoisotopic (exact) mass is 479 g/mol. The third kappa shape index (κ3) is 4.13. The molecule has 0 unspecified atom stereocenters. The Labute approximate surface area is 167 Å². The lowest BCUT2D eigenvalue weighted by molar-refractivity contribution is -0.126. The molecule has 1 saturated heterocycles. The van der Waals surface area contributed by atoms with Crippen molar-refractivity contribution in [2.45, 2.75) is 6.42 Å². The predicted octanol–water partition coefficient (Wildman–Crippen LogP) is 3.03. The van der Waals surface area contributed by atoms with Gasteiger partial charge in [-0.05, 0) is 52.3 Å². The lowest BCUT2D eigenvalue weighted by atomic mass is 10.1. The van der Waals surface area contributed by atoms with Crippen molar-refractivity contribution >= 4 is 55.3 Å². The Morgan fingerprint density at radius 3 is 2.38 bits per heavy atom. The third-order valence-corrected chi connectivity index (χ3v) is 5.27. The molecule has 0 bridgehead atoms. The minimum absolute atomic E-state index is 0.104. The van der Waals surface area contributed by atoms with E-state index in [0.29, 0.717) is 10.0 Å². The molecule has 6 nitrogen and oxygen atoms in total. The van der Waals surface area contributed by atoms with Crippen LogP contribution in [0.2, 0.25) is 0 Å². The van der Waals surface area contributed by atoms with Crippen LogP contribution in [0.5, 0.6) is 0 Å². The summed E-state index contributed by atoms with van der Waals surface area (Å²) in [6.07, 6.45) is 0.104. The van der Waals surface area contributed by atoms with Crippen LogP contribution in [0, 0.1) is 5.92 Å². The molecule has 26 heavy (non-hydrogen) atoms. The first-order valence-corrected chi connectivity index (χ1v) is 9.45. The quantitative estimate of drug-likeness (QED) is 0.663. The van der Waals surface area contributed by atoms with Crippen LogP contribution in [0.25, 0.3) is 0 Å². The van der Waals surface area contributed by atoms with Gasteiger partial charge in [-0.1, -0.05) is 28.1 Å². The molecule has 3 rings (SSSR count). The van der Waals surface area contributed by atoms with E-state index < -0.39 is 17.7 Å². The van der Waals surface area contributed by atoms with Gasteiger partial charge in [0.15, 0.2) is 0 Å². The molecule has 0 radical (unpaired) electrons. The van der Waals surface area contributed by atoms with E-state index in [4.69, 9.17) is 0 Å². The van der Waals surface area contributed by atoms with E-state index in [-0.39, 0.29) is 18.9 Å². The summed E-state index contributed by atoms with van der Waals surface area (Å²) in [5.74, 6) is -1.46. The van der Waals surface area contributed by atoms with Crippen molar-refractivity contribution in [2.75, 3.05) is 11.4 Å². The first-order valence-electron chi connectivity index (χ1n) is 7.86. The number of hydrogen-bond donors (Lipinski definition) is 2. The molecular weight excluding hydrogens is 466 g/mol. The molecule has 2 N–H and O–H groups in total. The van der Waals surface area contributed by atoms with Crippen molar-refractivity contribution in [3.8, 4) is 0 Å². The molecule has 2 aromatic carbocycles. The first kappa shape index (κ1) is 18.6. The molecule has 2 aromatic rings. The highest BCUT2D eigenvalue weighted by Crippen LogP contribution is 2.26. The molecule has 3 amide bonds. The maximum absolute atomic E-state index is 12.3. The highest BCUT2D eigenvalue weighted by atomic mass is 79.9. The summed E-state index contributed by atoms with van der Waals surface area (Å²) in [7, 11) is 0. The van der Waals surface area contributed by atoms with Gasteiger partial charge < -0.3 is 4.90 Å². The Hall–Kier alpha value is -2.19.